The molecule has 2 saturated heterocycles. The molecule has 1 N–H and O–H groups in total. The summed E-state index contributed by atoms with van der Waals surface area (Å²) in [7, 11) is 1.72. The molecule has 2 heterocycles. The zero-order valence-electron chi connectivity index (χ0n) is 13.2. The summed E-state index contributed by atoms with van der Waals surface area (Å²) in [5.41, 5.74) is -1.51. The standard InChI is InChI=1S/C16H18F3N3O2/c1-21-13(23)6-7-15(21)8-9-22(10-15)14(24)20-12-5-3-2-4-11(12)16(17,18)19/h2-5H,6-10H2,1H3,(H,20,24). The van der Waals surface area contributed by atoms with Crippen LogP contribution in [0.25, 0.3) is 0 Å². The van der Waals surface area contributed by atoms with Crippen molar-refractivity contribution in [3.05, 3.63) is 29.8 Å². The second kappa shape index (κ2) is 5.68. The summed E-state index contributed by atoms with van der Waals surface area (Å²) < 4.78 is 39.0. The van der Waals surface area contributed by atoms with Gasteiger partial charge in [-0.05, 0) is 25.0 Å². The topological polar surface area (TPSA) is 52.7 Å². The van der Waals surface area contributed by atoms with E-state index in [0.29, 0.717) is 32.4 Å². The molecule has 0 saturated carbocycles. The zero-order chi connectivity index (χ0) is 17.5. The second-order valence-electron chi connectivity index (χ2n) is 6.32. The first-order valence-corrected chi connectivity index (χ1v) is 7.72. The van der Waals surface area contributed by atoms with Crippen molar-refractivity contribution in [2.75, 3.05) is 25.5 Å². The normalized spacial score (nSPS) is 24.1. The maximum atomic E-state index is 13.0. The van der Waals surface area contributed by atoms with Crippen molar-refractivity contribution in [2.45, 2.75) is 31.0 Å². The van der Waals surface area contributed by atoms with Crippen molar-refractivity contribution >= 4 is 17.6 Å². The average molecular weight is 341 g/mol. The Labute approximate surface area is 137 Å². The summed E-state index contributed by atoms with van der Waals surface area (Å²) in [6, 6.07) is 4.32. The fraction of sp³-hybridized carbons (Fsp3) is 0.500. The number of hydrogen-bond donors (Lipinski definition) is 1. The van der Waals surface area contributed by atoms with Gasteiger partial charge in [0.1, 0.15) is 0 Å². The first-order chi connectivity index (χ1) is 11.2. The molecule has 24 heavy (non-hydrogen) atoms. The smallest absolute Gasteiger partial charge is 0.338 e. The highest BCUT2D eigenvalue weighted by atomic mass is 19.4. The van der Waals surface area contributed by atoms with Crippen molar-refractivity contribution in [3.63, 3.8) is 0 Å². The predicted molar refractivity (Wildman–Crippen MR) is 81.4 cm³/mol. The second-order valence-corrected chi connectivity index (χ2v) is 6.32. The van der Waals surface area contributed by atoms with E-state index in [-0.39, 0.29) is 17.1 Å². The van der Waals surface area contributed by atoms with Crippen LogP contribution in [0.5, 0.6) is 0 Å². The molecule has 1 spiro atoms. The predicted octanol–water partition coefficient (Wildman–Crippen LogP) is 2.93. The molecule has 2 fully saturated rings. The molecule has 1 aromatic rings. The van der Waals surface area contributed by atoms with Gasteiger partial charge in [0.25, 0.3) is 0 Å². The molecular weight excluding hydrogens is 323 g/mol. The SMILES string of the molecule is CN1C(=O)CCC12CCN(C(=O)Nc1ccccc1C(F)(F)F)C2. The lowest BCUT2D eigenvalue weighted by Crippen LogP contribution is -2.46. The van der Waals surface area contributed by atoms with E-state index in [4.69, 9.17) is 0 Å². The number of hydrogen-bond acceptors (Lipinski definition) is 2. The molecule has 0 radical (unpaired) electrons. The Balaban J connectivity index is 1.73. The number of carbonyl (C=O) groups is 2. The lowest BCUT2D eigenvalue weighted by molar-refractivity contribution is -0.137. The highest BCUT2D eigenvalue weighted by molar-refractivity contribution is 5.91. The number of halogens is 3. The third-order valence-corrected chi connectivity index (χ3v) is 4.98. The van der Waals surface area contributed by atoms with Gasteiger partial charge in [0.05, 0.1) is 16.8 Å². The molecule has 1 unspecified atom stereocenters. The summed E-state index contributed by atoms with van der Waals surface area (Å²) in [6.07, 6.45) is -2.77. The van der Waals surface area contributed by atoms with Gasteiger partial charge in [-0.2, -0.15) is 13.2 Å². The lowest BCUT2D eigenvalue weighted by atomic mass is 9.96. The monoisotopic (exact) mass is 341 g/mol. The van der Waals surface area contributed by atoms with E-state index in [9.17, 15) is 22.8 Å². The van der Waals surface area contributed by atoms with Crippen LogP contribution in [0.1, 0.15) is 24.8 Å². The fourth-order valence-corrected chi connectivity index (χ4v) is 3.48. The van der Waals surface area contributed by atoms with E-state index in [2.05, 4.69) is 5.32 Å². The number of carbonyl (C=O) groups excluding carboxylic acids is 2. The van der Waals surface area contributed by atoms with Crippen LogP contribution in [0.3, 0.4) is 0 Å². The third-order valence-electron chi connectivity index (χ3n) is 4.98. The maximum Gasteiger partial charge on any atom is 0.418 e. The summed E-state index contributed by atoms with van der Waals surface area (Å²) in [5.74, 6) is 0.0414. The Morgan fingerprint density at radius 3 is 2.58 bits per heavy atom. The number of likely N-dealkylation sites (tertiary alicyclic amines) is 2. The van der Waals surface area contributed by atoms with Gasteiger partial charge in [-0.1, -0.05) is 12.1 Å². The van der Waals surface area contributed by atoms with Gasteiger partial charge >= 0.3 is 12.2 Å². The minimum Gasteiger partial charge on any atom is -0.338 e. The van der Waals surface area contributed by atoms with Crippen molar-refractivity contribution in [2.24, 2.45) is 0 Å². The molecule has 0 bridgehead atoms. The molecule has 2 aliphatic heterocycles. The number of anilines is 1. The van der Waals surface area contributed by atoms with E-state index in [1.807, 2.05) is 0 Å². The zero-order valence-corrected chi connectivity index (χ0v) is 13.2. The summed E-state index contributed by atoms with van der Waals surface area (Å²) >= 11 is 0. The quantitative estimate of drug-likeness (QED) is 0.854. The first kappa shape index (κ1) is 16.6. The molecule has 5 nitrogen and oxygen atoms in total. The van der Waals surface area contributed by atoms with Crippen molar-refractivity contribution in [3.8, 4) is 0 Å². The number of likely N-dealkylation sites (N-methyl/N-ethyl adjacent to an activating group) is 1. The Hall–Kier alpha value is -2.25. The van der Waals surface area contributed by atoms with E-state index in [0.717, 1.165) is 6.07 Å². The molecule has 0 aromatic heterocycles. The van der Waals surface area contributed by atoms with Gasteiger partial charge in [-0.25, -0.2) is 4.79 Å². The Morgan fingerprint density at radius 2 is 1.96 bits per heavy atom. The van der Waals surface area contributed by atoms with Crippen LogP contribution < -0.4 is 5.32 Å². The van der Waals surface area contributed by atoms with Gasteiger partial charge < -0.3 is 15.1 Å². The van der Waals surface area contributed by atoms with Gasteiger partial charge in [-0.3, -0.25) is 4.79 Å². The van der Waals surface area contributed by atoms with Crippen LogP contribution in [-0.4, -0.2) is 47.4 Å². The molecule has 3 amide bonds. The largest absolute Gasteiger partial charge is 0.418 e. The molecule has 0 aliphatic carbocycles. The minimum absolute atomic E-state index is 0.0414. The van der Waals surface area contributed by atoms with Crippen LogP contribution in [0.4, 0.5) is 23.7 Å². The number of nitrogens with one attached hydrogen (secondary N) is 1. The Bertz CT molecular complexity index is 677. The number of benzene rings is 1. The van der Waals surface area contributed by atoms with Crippen molar-refractivity contribution in [1.29, 1.82) is 0 Å². The van der Waals surface area contributed by atoms with Gasteiger partial charge in [0.2, 0.25) is 5.91 Å². The van der Waals surface area contributed by atoms with E-state index in [1.165, 1.54) is 23.1 Å². The first-order valence-electron chi connectivity index (χ1n) is 7.72. The maximum absolute atomic E-state index is 13.0. The third kappa shape index (κ3) is 2.81. The van der Waals surface area contributed by atoms with Crippen LogP contribution >= 0.6 is 0 Å². The van der Waals surface area contributed by atoms with Crippen molar-refractivity contribution < 1.29 is 22.8 Å². The molecule has 1 atom stereocenters. The van der Waals surface area contributed by atoms with Gasteiger partial charge in [-0.15, -0.1) is 0 Å². The van der Waals surface area contributed by atoms with Gasteiger partial charge in [0.15, 0.2) is 0 Å². The minimum atomic E-state index is -4.53. The highest BCUT2D eigenvalue weighted by Gasteiger charge is 2.48. The number of alkyl halides is 3. The molecule has 2 aliphatic rings. The average Bonchev–Trinajstić information content (AvgIpc) is 3.07. The van der Waals surface area contributed by atoms with E-state index >= 15 is 0 Å². The summed E-state index contributed by atoms with van der Waals surface area (Å²) in [6.45, 7) is 0.757. The number of nitrogens with zero attached hydrogens (tertiary/aromatic N) is 2. The van der Waals surface area contributed by atoms with E-state index < -0.39 is 17.8 Å². The highest BCUT2D eigenvalue weighted by Crippen LogP contribution is 2.38. The van der Waals surface area contributed by atoms with Gasteiger partial charge in [0, 0.05) is 26.6 Å². The lowest BCUT2D eigenvalue weighted by Gasteiger charge is -2.32. The fourth-order valence-electron chi connectivity index (χ4n) is 3.48. The van der Waals surface area contributed by atoms with Crippen molar-refractivity contribution in [1.82, 2.24) is 9.80 Å². The number of urea groups is 1. The van der Waals surface area contributed by atoms with Crippen LogP contribution in [0.15, 0.2) is 24.3 Å². The molecule has 1 aromatic carbocycles. The summed E-state index contributed by atoms with van der Waals surface area (Å²) in [4.78, 5) is 27.3. The summed E-state index contributed by atoms with van der Waals surface area (Å²) in [5, 5.41) is 2.35. The number of para-hydroxylation sites is 1. The van der Waals surface area contributed by atoms with Crippen LogP contribution in [0.2, 0.25) is 0 Å². The molecular formula is C16H18F3N3O2. The molecule has 3 rings (SSSR count). The molecule has 8 heteroatoms. The van der Waals surface area contributed by atoms with Crippen LogP contribution in [0, 0.1) is 0 Å². The molecule has 130 valence electrons. The Morgan fingerprint density at radius 1 is 1.25 bits per heavy atom. The Kier molecular flexibility index (Phi) is 3.93. The van der Waals surface area contributed by atoms with E-state index in [1.54, 1.807) is 11.9 Å². The van der Waals surface area contributed by atoms with Crippen LogP contribution in [-0.2, 0) is 11.0 Å². The number of amides is 3. The number of rotatable bonds is 1.